The van der Waals surface area contributed by atoms with Gasteiger partial charge in [-0.1, -0.05) is 26.0 Å². The van der Waals surface area contributed by atoms with Gasteiger partial charge in [-0.15, -0.1) is 0 Å². The molecule has 0 spiro atoms. The highest BCUT2D eigenvalue weighted by Gasteiger charge is 2.35. The Bertz CT molecular complexity index is 393. The Morgan fingerprint density at radius 1 is 1.31 bits per heavy atom. The van der Waals surface area contributed by atoms with Crippen molar-refractivity contribution in [1.82, 2.24) is 0 Å². The van der Waals surface area contributed by atoms with E-state index >= 15 is 0 Å². The summed E-state index contributed by atoms with van der Waals surface area (Å²) in [6.07, 6.45) is 0. The van der Waals surface area contributed by atoms with E-state index in [1.54, 1.807) is 13.8 Å². The third-order valence-corrected chi connectivity index (χ3v) is 3.01. The number of nitrogens with two attached hydrogens (primary N) is 1. The van der Waals surface area contributed by atoms with Crippen LogP contribution < -0.4 is 5.73 Å². The van der Waals surface area contributed by atoms with Crippen LogP contribution >= 0.6 is 0 Å². The summed E-state index contributed by atoms with van der Waals surface area (Å²) in [5, 5.41) is 10.2. The van der Waals surface area contributed by atoms with Crippen molar-refractivity contribution < 1.29 is 13.9 Å². The van der Waals surface area contributed by atoms with Crippen LogP contribution in [0, 0.1) is 24.5 Å². The third kappa shape index (κ3) is 1.95. The molecule has 1 rings (SSSR count). The summed E-state index contributed by atoms with van der Waals surface area (Å²) in [6, 6.07) is 2.83. The van der Waals surface area contributed by atoms with Gasteiger partial charge in [0.25, 0.3) is 0 Å². The van der Waals surface area contributed by atoms with Gasteiger partial charge in [-0.25, -0.2) is 8.78 Å². The van der Waals surface area contributed by atoms with Crippen LogP contribution in [0.1, 0.15) is 25.0 Å². The van der Waals surface area contributed by atoms with Crippen LogP contribution in [0.25, 0.3) is 0 Å². The molecule has 0 aliphatic carbocycles. The molecule has 0 bridgehead atoms. The van der Waals surface area contributed by atoms with Gasteiger partial charge in [0.2, 0.25) is 0 Å². The smallest absolute Gasteiger partial charge is 0.165 e. The summed E-state index contributed by atoms with van der Waals surface area (Å²) in [7, 11) is 0. The van der Waals surface area contributed by atoms with Gasteiger partial charge in [0.15, 0.2) is 11.6 Å². The lowest BCUT2D eigenvalue weighted by atomic mass is 9.82. The van der Waals surface area contributed by atoms with E-state index in [1.165, 1.54) is 19.1 Å². The Morgan fingerprint density at radius 3 is 2.31 bits per heavy atom. The first kappa shape index (κ1) is 13.1. The molecule has 1 aromatic rings. The van der Waals surface area contributed by atoms with Crippen molar-refractivity contribution in [3.63, 3.8) is 0 Å². The van der Waals surface area contributed by atoms with E-state index in [0.29, 0.717) is 0 Å². The molecule has 0 aliphatic heterocycles. The second-order valence-electron chi connectivity index (χ2n) is 4.34. The molecule has 0 fully saturated rings. The molecule has 0 radical (unpaired) electrons. The quantitative estimate of drug-likeness (QED) is 0.833. The van der Waals surface area contributed by atoms with Crippen LogP contribution in [0.2, 0.25) is 0 Å². The first-order valence-electron chi connectivity index (χ1n) is 5.22. The van der Waals surface area contributed by atoms with Gasteiger partial charge in [0, 0.05) is 12.1 Å². The molecule has 0 aliphatic rings. The predicted molar refractivity (Wildman–Crippen MR) is 58.9 cm³/mol. The Kier molecular flexibility index (Phi) is 3.65. The lowest BCUT2D eigenvalue weighted by Gasteiger charge is -2.31. The molecular weight excluding hydrogens is 212 g/mol. The Hall–Kier alpha value is -1.00. The predicted octanol–water partition coefficient (Wildman–Crippen LogP) is 2.08. The molecule has 16 heavy (non-hydrogen) atoms. The zero-order valence-electron chi connectivity index (χ0n) is 9.72. The highest BCUT2D eigenvalue weighted by molar-refractivity contribution is 5.30. The van der Waals surface area contributed by atoms with Crippen LogP contribution in [0.5, 0.6) is 0 Å². The number of hydrogen-bond donors (Lipinski definition) is 2. The summed E-state index contributed by atoms with van der Waals surface area (Å²) in [4.78, 5) is 0. The highest BCUT2D eigenvalue weighted by atomic mass is 19.2. The van der Waals surface area contributed by atoms with Gasteiger partial charge < -0.3 is 10.8 Å². The van der Waals surface area contributed by atoms with E-state index in [1.807, 2.05) is 0 Å². The van der Waals surface area contributed by atoms with E-state index in [4.69, 9.17) is 5.73 Å². The molecule has 0 saturated carbocycles. The van der Waals surface area contributed by atoms with Gasteiger partial charge in [-0.3, -0.25) is 0 Å². The summed E-state index contributed by atoms with van der Waals surface area (Å²) < 4.78 is 27.1. The SMILES string of the molecule is Cc1ccc(C(O)(CN)C(C)C)c(F)c1F. The fraction of sp³-hybridized carbons (Fsp3) is 0.500. The molecule has 0 amide bonds. The number of rotatable bonds is 3. The van der Waals surface area contributed by atoms with Gasteiger partial charge in [-0.2, -0.15) is 0 Å². The summed E-state index contributed by atoms with van der Waals surface area (Å²) >= 11 is 0. The molecular formula is C12H17F2NO. The fourth-order valence-electron chi connectivity index (χ4n) is 1.64. The molecule has 1 atom stereocenters. The van der Waals surface area contributed by atoms with Crippen molar-refractivity contribution in [2.45, 2.75) is 26.4 Å². The van der Waals surface area contributed by atoms with Crippen molar-refractivity contribution in [3.8, 4) is 0 Å². The normalized spacial score (nSPS) is 15.2. The zero-order valence-corrected chi connectivity index (χ0v) is 9.72. The van der Waals surface area contributed by atoms with Crippen molar-refractivity contribution in [2.75, 3.05) is 6.54 Å². The van der Waals surface area contributed by atoms with Crippen LogP contribution in [0.15, 0.2) is 12.1 Å². The van der Waals surface area contributed by atoms with E-state index < -0.39 is 17.2 Å². The van der Waals surface area contributed by atoms with Crippen LogP contribution in [0.4, 0.5) is 8.78 Å². The van der Waals surface area contributed by atoms with Crippen LogP contribution in [-0.4, -0.2) is 11.7 Å². The number of benzene rings is 1. The first-order valence-corrected chi connectivity index (χ1v) is 5.22. The van der Waals surface area contributed by atoms with E-state index in [2.05, 4.69) is 0 Å². The van der Waals surface area contributed by atoms with Crippen molar-refractivity contribution in [3.05, 3.63) is 34.9 Å². The monoisotopic (exact) mass is 229 g/mol. The lowest BCUT2D eigenvalue weighted by molar-refractivity contribution is -0.00490. The minimum Gasteiger partial charge on any atom is -0.383 e. The van der Waals surface area contributed by atoms with Crippen LogP contribution in [0.3, 0.4) is 0 Å². The lowest BCUT2D eigenvalue weighted by Crippen LogP contribution is -2.41. The van der Waals surface area contributed by atoms with E-state index in [0.717, 1.165) is 0 Å². The van der Waals surface area contributed by atoms with Gasteiger partial charge in [-0.05, 0) is 18.4 Å². The molecule has 0 saturated heterocycles. The minimum absolute atomic E-state index is 0.0758. The summed E-state index contributed by atoms with van der Waals surface area (Å²) in [5.74, 6) is -2.24. The minimum atomic E-state index is -1.53. The fourth-order valence-corrected chi connectivity index (χ4v) is 1.64. The zero-order chi connectivity index (χ0) is 12.5. The molecule has 2 nitrogen and oxygen atoms in total. The van der Waals surface area contributed by atoms with E-state index in [-0.39, 0.29) is 23.6 Å². The van der Waals surface area contributed by atoms with Gasteiger partial charge >= 0.3 is 0 Å². The Labute approximate surface area is 94.1 Å². The van der Waals surface area contributed by atoms with Gasteiger partial charge in [0.1, 0.15) is 5.60 Å². The second kappa shape index (κ2) is 4.47. The summed E-state index contributed by atoms with van der Waals surface area (Å²) in [6.45, 7) is 4.75. The van der Waals surface area contributed by atoms with Crippen molar-refractivity contribution >= 4 is 0 Å². The average Bonchev–Trinajstić information content (AvgIpc) is 2.25. The average molecular weight is 229 g/mol. The maximum absolute atomic E-state index is 13.7. The molecule has 90 valence electrons. The highest BCUT2D eigenvalue weighted by Crippen LogP contribution is 2.32. The second-order valence-corrected chi connectivity index (χ2v) is 4.34. The Morgan fingerprint density at radius 2 is 1.88 bits per heavy atom. The van der Waals surface area contributed by atoms with Crippen molar-refractivity contribution in [1.29, 1.82) is 0 Å². The topological polar surface area (TPSA) is 46.2 Å². The number of aliphatic hydroxyl groups is 1. The largest absolute Gasteiger partial charge is 0.383 e. The number of halogens is 2. The number of aryl methyl sites for hydroxylation is 1. The van der Waals surface area contributed by atoms with E-state index in [9.17, 15) is 13.9 Å². The maximum Gasteiger partial charge on any atom is 0.165 e. The van der Waals surface area contributed by atoms with Gasteiger partial charge in [0.05, 0.1) is 0 Å². The molecule has 1 aromatic carbocycles. The summed E-state index contributed by atoms with van der Waals surface area (Å²) in [5.41, 5.74) is 4.07. The third-order valence-electron chi connectivity index (χ3n) is 3.01. The molecule has 3 N–H and O–H groups in total. The van der Waals surface area contributed by atoms with Crippen molar-refractivity contribution in [2.24, 2.45) is 11.7 Å². The standard InChI is InChI=1S/C12H17F2NO/c1-7(2)12(16,6-15)9-5-4-8(3)10(13)11(9)14/h4-5,7,16H,6,15H2,1-3H3. The first-order chi connectivity index (χ1) is 7.34. The molecule has 4 heteroatoms. The molecule has 0 heterocycles. The van der Waals surface area contributed by atoms with Crippen LogP contribution in [-0.2, 0) is 5.60 Å². The Balaban J connectivity index is 3.38. The molecule has 1 unspecified atom stereocenters. The maximum atomic E-state index is 13.7. The molecule has 0 aromatic heterocycles. The number of hydrogen-bond acceptors (Lipinski definition) is 2.